The molecular formula is C19H29ClN2O4. The lowest BCUT2D eigenvalue weighted by Gasteiger charge is -2.31. The molecule has 0 aliphatic heterocycles. The largest absolute Gasteiger partial charge is 0.495 e. The number of hydrogen-bond acceptors (Lipinski definition) is 4. The molecule has 1 N–H and O–H groups in total. The Balaban J connectivity index is 3.09. The van der Waals surface area contributed by atoms with Crippen molar-refractivity contribution in [3.05, 3.63) is 17.2 Å². The molecule has 1 rings (SSSR count). The number of hydrogen-bond donors (Lipinski definition) is 1. The van der Waals surface area contributed by atoms with Crippen LogP contribution in [-0.2, 0) is 9.59 Å². The molecule has 0 aliphatic carbocycles. The third-order valence-corrected chi connectivity index (χ3v) is 4.39. The fourth-order valence-corrected chi connectivity index (χ4v) is 2.81. The maximum Gasteiger partial charge on any atom is 0.239 e. The Morgan fingerprint density at radius 2 is 1.62 bits per heavy atom. The van der Waals surface area contributed by atoms with Crippen LogP contribution in [-0.4, -0.2) is 44.0 Å². The summed E-state index contributed by atoms with van der Waals surface area (Å²) >= 11 is 6.09. The van der Waals surface area contributed by atoms with Crippen molar-refractivity contribution >= 4 is 29.1 Å². The van der Waals surface area contributed by atoms with Crippen LogP contribution in [0.1, 0.15) is 40.5 Å². The summed E-state index contributed by atoms with van der Waals surface area (Å²) in [7, 11) is 2.97. The fraction of sp³-hybridized carbons (Fsp3) is 0.579. The van der Waals surface area contributed by atoms with Crippen molar-refractivity contribution in [2.45, 2.75) is 40.5 Å². The summed E-state index contributed by atoms with van der Waals surface area (Å²) in [5, 5.41) is 3.14. The lowest BCUT2D eigenvalue weighted by Crippen LogP contribution is -2.47. The number of carbonyl (C=O) groups is 2. The van der Waals surface area contributed by atoms with Crippen LogP contribution in [0.2, 0.25) is 5.02 Å². The van der Waals surface area contributed by atoms with Crippen molar-refractivity contribution in [3.63, 3.8) is 0 Å². The van der Waals surface area contributed by atoms with Crippen molar-refractivity contribution in [3.8, 4) is 11.5 Å². The molecule has 0 radical (unpaired) electrons. The van der Waals surface area contributed by atoms with Crippen LogP contribution < -0.4 is 14.8 Å². The molecule has 0 aromatic heterocycles. The van der Waals surface area contributed by atoms with E-state index in [1.165, 1.54) is 14.2 Å². The second kappa shape index (κ2) is 9.67. The van der Waals surface area contributed by atoms with E-state index in [1.54, 1.807) is 30.9 Å². The van der Waals surface area contributed by atoms with Crippen LogP contribution in [0.15, 0.2) is 12.1 Å². The van der Waals surface area contributed by atoms with Crippen molar-refractivity contribution < 1.29 is 19.1 Å². The molecule has 0 unspecified atom stereocenters. The highest BCUT2D eigenvalue weighted by molar-refractivity contribution is 6.32. The van der Waals surface area contributed by atoms with E-state index in [0.717, 1.165) is 12.8 Å². The zero-order chi connectivity index (χ0) is 19.9. The molecule has 2 amide bonds. The van der Waals surface area contributed by atoms with Gasteiger partial charge < -0.3 is 19.7 Å². The highest BCUT2D eigenvalue weighted by Crippen LogP contribution is 2.36. The molecule has 1 aromatic rings. The summed E-state index contributed by atoms with van der Waals surface area (Å²) in [5.74, 6) is 0.192. The van der Waals surface area contributed by atoms with Crippen LogP contribution >= 0.6 is 11.6 Å². The predicted octanol–water partition coefficient (Wildman–Crippen LogP) is 3.97. The molecule has 0 saturated heterocycles. The lowest BCUT2D eigenvalue weighted by molar-refractivity contribution is -0.146. The topological polar surface area (TPSA) is 67.9 Å². The Labute approximate surface area is 160 Å². The summed E-state index contributed by atoms with van der Waals surface area (Å²) in [4.78, 5) is 27.5. The number of ether oxygens (including phenoxy) is 2. The van der Waals surface area contributed by atoms with Crippen LogP contribution in [0, 0.1) is 5.41 Å². The third-order valence-electron chi connectivity index (χ3n) is 4.10. The monoisotopic (exact) mass is 384 g/mol. The van der Waals surface area contributed by atoms with Gasteiger partial charge in [0.1, 0.15) is 16.9 Å². The highest BCUT2D eigenvalue weighted by atomic mass is 35.5. The molecule has 0 saturated carbocycles. The summed E-state index contributed by atoms with van der Waals surface area (Å²) in [6, 6.07) is 3.14. The average molecular weight is 385 g/mol. The number of nitrogens with zero attached hydrogens (tertiary/aromatic N) is 1. The Bertz CT molecular complexity index is 641. The molecule has 0 bridgehead atoms. The van der Waals surface area contributed by atoms with E-state index >= 15 is 0 Å². The van der Waals surface area contributed by atoms with Gasteiger partial charge in [-0.05, 0) is 26.7 Å². The summed E-state index contributed by atoms with van der Waals surface area (Å²) in [5.41, 5.74) is -0.820. The first-order chi connectivity index (χ1) is 12.2. The highest BCUT2D eigenvalue weighted by Gasteiger charge is 2.39. The Kier molecular flexibility index (Phi) is 8.21. The van der Waals surface area contributed by atoms with Gasteiger partial charge >= 0.3 is 0 Å². The first-order valence-electron chi connectivity index (χ1n) is 8.75. The molecule has 0 heterocycles. The third kappa shape index (κ3) is 5.04. The van der Waals surface area contributed by atoms with Gasteiger partial charge in [-0.15, -0.1) is 0 Å². The maximum absolute atomic E-state index is 12.9. The smallest absolute Gasteiger partial charge is 0.239 e. The first kappa shape index (κ1) is 22.1. The number of amides is 2. The van der Waals surface area contributed by atoms with Gasteiger partial charge in [-0.3, -0.25) is 9.59 Å². The Morgan fingerprint density at radius 1 is 1.08 bits per heavy atom. The van der Waals surface area contributed by atoms with Gasteiger partial charge in [0.15, 0.2) is 0 Å². The Hall–Kier alpha value is -1.95. The van der Waals surface area contributed by atoms with Gasteiger partial charge in [0.2, 0.25) is 11.8 Å². The van der Waals surface area contributed by atoms with E-state index < -0.39 is 11.3 Å². The molecule has 1 aromatic carbocycles. The minimum atomic E-state index is -1.22. The first-order valence-corrected chi connectivity index (χ1v) is 9.12. The molecule has 0 fully saturated rings. The number of nitrogens with one attached hydrogen (secondary N) is 1. The van der Waals surface area contributed by atoms with E-state index in [4.69, 9.17) is 21.1 Å². The molecule has 146 valence electrons. The summed E-state index contributed by atoms with van der Waals surface area (Å²) in [6.45, 7) is 8.52. The van der Waals surface area contributed by atoms with Gasteiger partial charge in [0.25, 0.3) is 0 Å². The molecule has 6 nitrogen and oxygen atoms in total. The normalized spacial score (nSPS) is 11.0. The minimum Gasteiger partial charge on any atom is -0.495 e. The molecule has 7 heteroatoms. The van der Waals surface area contributed by atoms with Crippen LogP contribution in [0.3, 0.4) is 0 Å². The fourth-order valence-electron chi connectivity index (χ4n) is 2.58. The molecule has 26 heavy (non-hydrogen) atoms. The molecule has 0 aliphatic rings. The van der Waals surface area contributed by atoms with Crippen molar-refractivity contribution in [2.75, 3.05) is 32.6 Å². The SMILES string of the molecule is CCCN(CCC)C(=O)C(C)(C)C(=O)Nc1cc(OC)c(Cl)cc1OC. The van der Waals surface area contributed by atoms with Gasteiger partial charge in [-0.25, -0.2) is 0 Å². The van der Waals surface area contributed by atoms with Crippen LogP contribution in [0.4, 0.5) is 5.69 Å². The number of rotatable bonds is 9. The second-order valence-electron chi connectivity index (χ2n) is 6.56. The lowest BCUT2D eigenvalue weighted by atomic mass is 9.90. The molecular weight excluding hydrogens is 356 g/mol. The van der Waals surface area contributed by atoms with E-state index in [1.807, 2.05) is 13.8 Å². The van der Waals surface area contributed by atoms with Crippen molar-refractivity contribution in [1.82, 2.24) is 4.90 Å². The van der Waals surface area contributed by atoms with Gasteiger partial charge in [0.05, 0.1) is 24.9 Å². The van der Waals surface area contributed by atoms with E-state index in [-0.39, 0.29) is 5.91 Å². The average Bonchev–Trinajstić information content (AvgIpc) is 2.61. The molecule has 0 spiro atoms. The summed E-state index contributed by atoms with van der Waals surface area (Å²) in [6.07, 6.45) is 1.68. The Morgan fingerprint density at radius 3 is 2.08 bits per heavy atom. The standard InChI is InChI=1S/C19H29ClN2O4/c1-7-9-22(10-8-2)18(24)19(3,4)17(23)21-14-12-15(25-5)13(20)11-16(14)26-6/h11-12H,7-10H2,1-6H3,(H,21,23). The van der Waals surface area contributed by atoms with Crippen LogP contribution in [0.25, 0.3) is 0 Å². The van der Waals surface area contributed by atoms with Gasteiger partial charge in [-0.2, -0.15) is 0 Å². The number of anilines is 1. The van der Waals surface area contributed by atoms with Crippen molar-refractivity contribution in [2.24, 2.45) is 5.41 Å². The number of carbonyl (C=O) groups excluding carboxylic acids is 2. The summed E-state index contributed by atoms with van der Waals surface area (Å²) < 4.78 is 10.5. The zero-order valence-corrected chi connectivity index (χ0v) is 17.2. The quantitative estimate of drug-likeness (QED) is 0.654. The second-order valence-corrected chi connectivity index (χ2v) is 6.97. The predicted molar refractivity (Wildman–Crippen MR) is 104 cm³/mol. The number of benzene rings is 1. The van der Waals surface area contributed by atoms with Gasteiger partial charge in [0, 0.05) is 25.2 Å². The zero-order valence-electron chi connectivity index (χ0n) is 16.4. The van der Waals surface area contributed by atoms with E-state index in [9.17, 15) is 9.59 Å². The molecule has 0 atom stereocenters. The number of methoxy groups -OCH3 is 2. The van der Waals surface area contributed by atoms with Gasteiger partial charge in [-0.1, -0.05) is 25.4 Å². The van der Waals surface area contributed by atoms with Crippen LogP contribution in [0.5, 0.6) is 11.5 Å². The maximum atomic E-state index is 12.9. The minimum absolute atomic E-state index is 0.196. The number of halogens is 1. The van der Waals surface area contributed by atoms with Crippen molar-refractivity contribution in [1.29, 1.82) is 0 Å². The van der Waals surface area contributed by atoms with E-state index in [0.29, 0.717) is 35.3 Å². The van der Waals surface area contributed by atoms with E-state index in [2.05, 4.69) is 5.32 Å².